The number of hydrogen-bond acceptors (Lipinski definition) is 4. The Bertz CT molecular complexity index is 978. The van der Waals surface area contributed by atoms with Crippen molar-refractivity contribution in [2.45, 2.75) is 23.6 Å². The molecule has 0 bridgehead atoms. The summed E-state index contributed by atoms with van der Waals surface area (Å²) in [4.78, 5) is 0.178. The third kappa shape index (κ3) is 4.73. The normalized spacial score (nSPS) is 13.9. The fraction of sp³-hybridized carbons (Fsp3) is 0.100. The quantitative estimate of drug-likeness (QED) is 0.358. The minimum atomic E-state index is -3.78. The molecule has 2 rings (SSSR count). The van der Waals surface area contributed by atoms with E-state index in [4.69, 9.17) is 0 Å². The molecule has 0 N–H and O–H groups in total. The molecule has 0 aromatic heterocycles. The zero-order chi connectivity index (χ0) is 19.5. The zero-order valence-corrected chi connectivity index (χ0v) is 18.2. The molecule has 0 heterocycles. The summed E-state index contributed by atoms with van der Waals surface area (Å²) >= 11 is 0. The van der Waals surface area contributed by atoms with Crippen LogP contribution in [0, 0.1) is 13.8 Å². The van der Waals surface area contributed by atoms with E-state index in [0.717, 1.165) is 0 Å². The van der Waals surface area contributed by atoms with E-state index in [1.807, 2.05) is 0 Å². The first-order valence-corrected chi connectivity index (χ1v) is 10.7. The van der Waals surface area contributed by atoms with Crippen LogP contribution in [0.15, 0.2) is 91.4 Å². The molecule has 0 aliphatic carbocycles. The van der Waals surface area contributed by atoms with E-state index in [-0.39, 0.29) is 50.2 Å². The van der Waals surface area contributed by atoms with Gasteiger partial charge in [-0.15, -0.1) is 9.81 Å². The van der Waals surface area contributed by atoms with Crippen molar-refractivity contribution in [2.75, 3.05) is 0 Å². The summed E-state index contributed by atoms with van der Waals surface area (Å²) in [6.07, 6.45) is 0. The van der Waals surface area contributed by atoms with Gasteiger partial charge in [0.2, 0.25) is 0 Å². The van der Waals surface area contributed by atoms with E-state index in [1.165, 1.54) is 38.1 Å². The molecular formula is C20H20O4RhS2. The van der Waals surface area contributed by atoms with Crippen LogP contribution in [0.4, 0.5) is 0 Å². The monoisotopic (exact) mass is 491 g/mol. The average molecular weight is 491 g/mol. The van der Waals surface area contributed by atoms with Crippen molar-refractivity contribution in [1.29, 1.82) is 0 Å². The molecule has 0 spiro atoms. The van der Waals surface area contributed by atoms with Gasteiger partial charge in [-0.2, -0.15) is 0 Å². The Morgan fingerprint density at radius 3 is 1.15 bits per heavy atom. The summed E-state index contributed by atoms with van der Waals surface area (Å²) in [6.45, 7) is 10.3. The summed E-state index contributed by atoms with van der Waals surface area (Å²) in [6, 6.07) is 15.8. The summed E-state index contributed by atoms with van der Waals surface area (Å²) in [5.41, 5.74) is 0.150. The van der Waals surface area contributed by atoms with Crippen LogP contribution in [0.5, 0.6) is 0 Å². The maximum atomic E-state index is 12.7. The fourth-order valence-electron chi connectivity index (χ4n) is 2.30. The SMILES string of the molecule is [CH2-]C(/C([CH2-])=C(\C)S(=O)(=O)c1ccccc1)=C(/C)S(=O)(=O)c1ccccc1.[Rh+2]. The largest absolute Gasteiger partial charge is 2.00 e. The standard InChI is InChI=1S/C20H20O4S2.Rh/c1-15(17(3)25(21,22)19-11-7-5-8-12-19)16(2)18(4)26(23,24)20-13-9-6-10-14-20;/h5-14H,1-2H2,3-4H3;/q-2;+2/b17-15+,18-16+;. The number of allylic oxidation sites excluding steroid dienone is 4. The molecule has 0 atom stereocenters. The minimum Gasteiger partial charge on any atom is -0.284 e. The van der Waals surface area contributed by atoms with Crippen LogP contribution < -0.4 is 0 Å². The molecule has 27 heavy (non-hydrogen) atoms. The smallest absolute Gasteiger partial charge is 0.284 e. The molecule has 1 radical (unpaired) electrons. The average Bonchev–Trinajstić information content (AvgIpc) is 2.66. The number of benzene rings is 2. The Labute approximate surface area is 174 Å². The Morgan fingerprint density at radius 2 is 0.889 bits per heavy atom. The molecule has 4 nitrogen and oxygen atoms in total. The Balaban J connectivity index is 0.00000364. The predicted octanol–water partition coefficient (Wildman–Crippen LogP) is 4.15. The fourth-order valence-corrected chi connectivity index (χ4v) is 4.94. The van der Waals surface area contributed by atoms with Gasteiger partial charge in [0.1, 0.15) is 19.7 Å². The molecule has 0 aliphatic rings. The van der Waals surface area contributed by atoms with Gasteiger partial charge in [-0.05, 0) is 24.3 Å². The van der Waals surface area contributed by atoms with E-state index >= 15 is 0 Å². The zero-order valence-electron chi connectivity index (χ0n) is 15.0. The first-order valence-electron chi connectivity index (χ1n) is 7.76. The summed E-state index contributed by atoms with van der Waals surface area (Å²) < 4.78 is 50.9. The van der Waals surface area contributed by atoms with Gasteiger partial charge >= 0.3 is 19.5 Å². The Kier molecular flexibility index (Phi) is 7.67. The first-order chi connectivity index (χ1) is 12.1. The van der Waals surface area contributed by atoms with Gasteiger partial charge in [0.25, 0.3) is 0 Å². The molecule has 2 aromatic carbocycles. The maximum absolute atomic E-state index is 12.7. The second-order valence-corrected chi connectivity index (χ2v) is 9.88. The summed E-state index contributed by atoms with van der Waals surface area (Å²) in [7, 11) is -7.56. The van der Waals surface area contributed by atoms with Crippen molar-refractivity contribution in [3.63, 3.8) is 0 Å². The van der Waals surface area contributed by atoms with Gasteiger partial charge in [0, 0.05) is 0 Å². The van der Waals surface area contributed by atoms with Crippen molar-refractivity contribution in [3.05, 3.63) is 95.5 Å². The predicted molar refractivity (Wildman–Crippen MR) is 103 cm³/mol. The second-order valence-electron chi connectivity index (χ2n) is 5.70. The van der Waals surface area contributed by atoms with Crippen molar-refractivity contribution >= 4 is 19.7 Å². The van der Waals surface area contributed by atoms with Gasteiger partial charge in [0.05, 0.1) is 9.79 Å². The maximum Gasteiger partial charge on any atom is 2.00 e. The number of sulfone groups is 2. The molecule has 7 heteroatoms. The molecule has 0 amide bonds. The van der Waals surface area contributed by atoms with Gasteiger partial charge in [0.15, 0.2) is 0 Å². The molecule has 145 valence electrons. The summed E-state index contributed by atoms with van der Waals surface area (Å²) in [5, 5.41) is 0. The van der Waals surface area contributed by atoms with Crippen LogP contribution in [0.2, 0.25) is 0 Å². The number of rotatable bonds is 5. The third-order valence-corrected chi connectivity index (χ3v) is 8.02. The molecule has 2 aromatic rings. The summed E-state index contributed by atoms with van der Waals surface area (Å²) in [5.74, 6) is 0. The van der Waals surface area contributed by atoms with Crippen molar-refractivity contribution in [2.24, 2.45) is 0 Å². The van der Waals surface area contributed by atoms with E-state index in [9.17, 15) is 16.8 Å². The molecule has 0 unspecified atom stereocenters. The molecule has 0 fully saturated rings. The topological polar surface area (TPSA) is 68.3 Å². The van der Waals surface area contributed by atoms with Gasteiger partial charge in [-0.25, -0.2) is 16.8 Å². The Hall–Kier alpha value is -1.82. The van der Waals surface area contributed by atoms with Crippen LogP contribution in [0.25, 0.3) is 0 Å². The van der Waals surface area contributed by atoms with Crippen molar-refractivity contribution < 1.29 is 36.3 Å². The van der Waals surface area contributed by atoms with Crippen LogP contribution in [-0.2, 0) is 39.2 Å². The van der Waals surface area contributed by atoms with Gasteiger partial charge < -0.3 is 0 Å². The van der Waals surface area contributed by atoms with Crippen molar-refractivity contribution in [3.8, 4) is 0 Å². The molecule has 0 saturated carbocycles. The van der Waals surface area contributed by atoms with E-state index in [1.54, 1.807) is 36.4 Å². The van der Waals surface area contributed by atoms with Gasteiger partial charge in [-0.3, -0.25) is 25.0 Å². The molecule has 0 saturated heterocycles. The van der Waals surface area contributed by atoms with Crippen molar-refractivity contribution in [1.82, 2.24) is 0 Å². The number of hydrogen-bond donors (Lipinski definition) is 0. The third-order valence-electron chi connectivity index (χ3n) is 4.13. The van der Waals surface area contributed by atoms with E-state index in [2.05, 4.69) is 13.8 Å². The van der Waals surface area contributed by atoms with Gasteiger partial charge in [-0.1, -0.05) is 50.2 Å². The second kappa shape index (κ2) is 8.92. The first kappa shape index (κ1) is 23.2. The van der Waals surface area contributed by atoms with Crippen LogP contribution in [0.3, 0.4) is 0 Å². The Morgan fingerprint density at radius 1 is 0.630 bits per heavy atom. The van der Waals surface area contributed by atoms with E-state index in [0.29, 0.717) is 0 Å². The molecular weight excluding hydrogens is 471 g/mol. The molecule has 0 aliphatic heterocycles. The van der Waals surface area contributed by atoms with Crippen LogP contribution in [-0.4, -0.2) is 16.8 Å². The van der Waals surface area contributed by atoms with E-state index < -0.39 is 19.7 Å². The van der Waals surface area contributed by atoms with Crippen LogP contribution in [0.1, 0.15) is 13.8 Å². The van der Waals surface area contributed by atoms with Crippen LogP contribution >= 0.6 is 0 Å². The minimum absolute atomic E-state index is 0.